The van der Waals surface area contributed by atoms with Crippen molar-refractivity contribution in [3.8, 4) is 5.75 Å². The average molecular weight is 798 g/mol. The van der Waals surface area contributed by atoms with Crippen molar-refractivity contribution >= 4 is 70.2 Å². The van der Waals surface area contributed by atoms with Crippen LogP contribution in [-0.2, 0) is 33.3 Å². The summed E-state index contributed by atoms with van der Waals surface area (Å²) in [7, 11) is -1.27. The molecule has 0 bridgehead atoms. The van der Waals surface area contributed by atoms with Crippen LogP contribution in [0, 0.1) is 0 Å². The van der Waals surface area contributed by atoms with E-state index in [2.05, 4.69) is 51.2 Å². The van der Waals surface area contributed by atoms with E-state index in [1.807, 2.05) is 24.4 Å². The number of fused-ring (bicyclic) bond motifs is 3. The summed E-state index contributed by atoms with van der Waals surface area (Å²) in [6, 6.07) is 11.8. The van der Waals surface area contributed by atoms with Crippen LogP contribution in [-0.4, -0.2) is 101 Å². The third-order valence-corrected chi connectivity index (χ3v) is 10.6. The molecule has 1 atom stereocenters. The Kier molecular flexibility index (Phi) is 13.8. The first kappa shape index (κ1) is 38.9. The molecule has 52 heavy (non-hydrogen) atoms. The van der Waals surface area contributed by atoms with Gasteiger partial charge in [-0.3, -0.25) is 14.4 Å². The smallest absolute Gasteiger partial charge is 0.332 e. The fourth-order valence-electron chi connectivity index (χ4n) is 5.72. The molecule has 5 rings (SSSR count). The van der Waals surface area contributed by atoms with Crippen LogP contribution in [0.1, 0.15) is 28.8 Å². The van der Waals surface area contributed by atoms with Gasteiger partial charge in [0, 0.05) is 48.0 Å². The molecule has 1 fully saturated rings. The second-order valence-electron chi connectivity index (χ2n) is 13.6. The number of aromatic amines is 1. The van der Waals surface area contributed by atoms with Crippen LogP contribution in [0.2, 0.25) is 25.7 Å². The summed E-state index contributed by atoms with van der Waals surface area (Å²) in [5.74, 6) is -0.666. The second kappa shape index (κ2) is 18.5. The van der Waals surface area contributed by atoms with Crippen molar-refractivity contribution in [1.29, 1.82) is 0 Å². The quantitative estimate of drug-likeness (QED) is 0.0496. The van der Waals surface area contributed by atoms with E-state index < -0.39 is 14.0 Å². The first-order valence-corrected chi connectivity index (χ1v) is 21.7. The summed E-state index contributed by atoms with van der Waals surface area (Å²) in [6.45, 7) is 7.14. The molecular formula is C37H45BrN4O9Si. The normalized spacial score (nSPS) is 16.5. The number of ketones is 1. The number of hydrogen-bond donors (Lipinski definition) is 3. The maximum atomic E-state index is 13.6. The number of rotatable bonds is 18. The minimum absolute atomic E-state index is 0.137. The summed E-state index contributed by atoms with van der Waals surface area (Å²) < 4.78 is 27.3. The minimum atomic E-state index is -1.27. The van der Waals surface area contributed by atoms with Gasteiger partial charge in [0.1, 0.15) is 39.2 Å². The van der Waals surface area contributed by atoms with Crippen LogP contribution in [0.3, 0.4) is 0 Å². The number of aromatic nitrogens is 1. The fraction of sp³-hybridized carbons (Fsp3) is 0.405. The molecule has 0 unspecified atom stereocenters. The number of ether oxygens (including phenoxy) is 5. The highest BCUT2D eigenvalue weighted by Crippen LogP contribution is 2.35. The van der Waals surface area contributed by atoms with Gasteiger partial charge in [-0.25, -0.2) is 4.79 Å². The lowest BCUT2D eigenvalue weighted by Gasteiger charge is -2.23. The molecule has 278 valence electrons. The predicted octanol–water partition coefficient (Wildman–Crippen LogP) is 5.47. The number of esters is 1. The summed E-state index contributed by atoms with van der Waals surface area (Å²) in [5, 5.41) is 7.05. The summed E-state index contributed by atoms with van der Waals surface area (Å²) in [6.07, 6.45) is 8.33. The highest BCUT2D eigenvalue weighted by molar-refractivity contribution is 9.10. The number of benzene rings is 2. The Labute approximate surface area is 312 Å². The molecule has 1 aromatic heterocycles. The first-order chi connectivity index (χ1) is 25.0. The van der Waals surface area contributed by atoms with Crippen LogP contribution >= 0.6 is 15.9 Å². The number of anilines is 1. The first-order valence-electron chi connectivity index (χ1n) is 17.2. The molecule has 0 aliphatic carbocycles. The van der Waals surface area contributed by atoms with Gasteiger partial charge < -0.3 is 44.2 Å². The van der Waals surface area contributed by atoms with Gasteiger partial charge in [-0.2, -0.15) is 0 Å². The SMILES string of the molecule is C[Si](C)(C)CCOC(=O)COCOCOCC(=O)NCCOc1ccc2c(c1)C(=O)N1CCC[C@H]1/C(=C/C(=O)/C=C/c1c[nH]c3ccc(Br)cc13)N2. The van der Waals surface area contributed by atoms with Gasteiger partial charge in [-0.1, -0.05) is 35.6 Å². The zero-order chi connectivity index (χ0) is 37.1. The molecule has 3 heterocycles. The van der Waals surface area contributed by atoms with E-state index in [1.165, 1.54) is 6.08 Å². The zero-order valence-corrected chi connectivity index (χ0v) is 32.2. The summed E-state index contributed by atoms with van der Waals surface area (Å²) in [5.41, 5.74) is 3.58. The summed E-state index contributed by atoms with van der Waals surface area (Å²) >= 11 is 3.50. The number of hydrogen-bond acceptors (Lipinski definition) is 10. The van der Waals surface area contributed by atoms with Crippen LogP contribution in [0.4, 0.5) is 5.69 Å². The summed E-state index contributed by atoms with van der Waals surface area (Å²) in [4.78, 5) is 55.5. The maximum Gasteiger partial charge on any atom is 0.332 e. The molecular weight excluding hydrogens is 752 g/mol. The Morgan fingerprint density at radius 1 is 1.04 bits per heavy atom. The van der Waals surface area contributed by atoms with Crippen molar-refractivity contribution in [2.75, 3.05) is 58.4 Å². The molecule has 0 saturated carbocycles. The van der Waals surface area contributed by atoms with Crippen molar-refractivity contribution in [3.63, 3.8) is 0 Å². The van der Waals surface area contributed by atoms with Gasteiger partial charge in [-0.05, 0) is 73.0 Å². The number of nitrogens with one attached hydrogen (secondary N) is 3. The molecule has 2 aromatic carbocycles. The van der Waals surface area contributed by atoms with Crippen LogP contribution in [0.5, 0.6) is 5.75 Å². The average Bonchev–Trinajstić information content (AvgIpc) is 3.73. The van der Waals surface area contributed by atoms with E-state index >= 15 is 0 Å². The van der Waals surface area contributed by atoms with Crippen LogP contribution < -0.4 is 15.4 Å². The lowest BCUT2D eigenvalue weighted by Crippen LogP contribution is -2.36. The van der Waals surface area contributed by atoms with Crippen LogP contribution in [0.25, 0.3) is 17.0 Å². The molecule has 2 aliphatic rings. The molecule has 15 heteroatoms. The van der Waals surface area contributed by atoms with Gasteiger partial charge in [0.25, 0.3) is 5.91 Å². The van der Waals surface area contributed by atoms with Gasteiger partial charge >= 0.3 is 5.97 Å². The number of carbonyl (C=O) groups is 4. The van der Waals surface area contributed by atoms with E-state index in [9.17, 15) is 19.2 Å². The second-order valence-corrected chi connectivity index (χ2v) is 20.2. The highest BCUT2D eigenvalue weighted by atomic mass is 79.9. The third-order valence-electron chi connectivity index (χ3n) is 8.37. The monoisotopic (exact) mass is 796 g/mol. The standard InChI is InChI=1S/C37H45BrN4O9Si/c1-52(2,3)16-15-51-36(45)22-48-24-49-23-47-21-35(44)39-12-14-50-28-9-11-32-30(19-28)37(46)42-13-4-5-34(42)33(41-32)18-27(43)8-6-25-20-40-31-10-7-26(38)17-29(25)31/h6-11,17-20,34,40-41H,4-5,12-16,21-24H2,1-3H3,(H,39,44)/b8-6+,33-18-/t34-/m0/s1. The Bertz CT molecular complexity index is 1820. The third kappa shape index (κ3) is 11.4. The van der Waals surface area contributed by atoms with E-state index in [-0.39, 0.29) is 63.6 Å². The van der Waals surface area contributed by atoms with Gasteiger partial charge in [0.05, 0.1) is 30.4 Å². The van der Waals surface area contributed by atoms with E-state index in [1.54, 1.807) is 35.3 Å². The van der Waals surface area contributed by atoms with Gasteiger partial charge in [0.15, 0.2) is 5.78 Å². The van der Waals surface area contributed by atoms with E-state index in [4.69, 9.17) is 23.7 Å². The highest BCUT2D eigenvalue weighted by Gasteiger charge is 2.36. The molecule has 0 spiro atoms. The predicted molar refractivity (Wildman–Crippen MR) is 203 cm³/mol. The Morgan fingerprint density at radius 3 is 2.65 bits per heavy atom. The lowest BCUT2D eigenvalue weighted by molar-refractivity contribution is -0.164. The Morgan fingerprint density at radius 2 is 1.85 bits per heavy atom. The molecule has 3 aromatic rings. The number of nitrogens with zero attached hydrogens (tertiary/aromatic N) is 1. The van der Waals surface area contributed by atoms with E-state index in [0.29, 0.717) is 35.8 Å². The number of halogens is 1. The lowest BCUT2D eigenvalue weighted by atomic mass is 10.1. The number of allylic oxidation sites excluding steroid dienone is 2. The van der Waals surface area contributed by atoms with Crippen molar-refractivity contribution in [3.05, 3.63) is 76.0 Å². The maximum absolute atomic E-state index is 13.6. The minimum Gasteiger partial charge on any atom is -0.492 e. The van der Waals surface area contributed by atoms with Gasteiger partial charge in [-0.15, -0.1) is 0 Å². The molecule has 3 N–H and O–H groups in total. The van der Waals surface area contributed by atoms with Gasteiger partial charge in [0.2, 0.25) is 5.91 Å². The molecule has 2 amide bonds. The van der Waals surface area contributed by atoms with Crippen molar-refractivity contribution in [2.24, 2.45) is 0 Å². The number of carbonyl (C=O) groups excluding carboxylic acids is 4. The van der Waals surface area contributed by atoms with Crippen molar-refractivity contribution in [1.82, 2.24) is 15.2 Å². The van der Waals surface area contributed by atoms with Crippen molar-refractivity contribution < 1.29 is 42.9 Å². The number of amides is 2. The Hall–Kier alpha value is -4.28. The Balaban J connectivity index is 1.04. The number of H-pyrrole nitrogens is 1. The largest absolute Gasteiger partial charge is 0.492 e. The van der Waals surface area contributed by atoms with Crippen LogP contribution in [0.15, 0.2) is 64.9 Å². The molecule has 0 radical (unpaired) electrons. The molecule has 2 aliphatic heterocycles. The van der Waals surface area contributed by atoms with Crippen molar-refractivity contribution in [2.45, 2.75) is 44.6 Å². The topological polar surface area (TPSA) is 158 Å². The zero-order valence-electron chi connectivity index (χ0n) is 29.6. The fourth-order valence-corrected chi connectivity index (χ4v) is 6.79. The molecule has 13 nitrogen and oxygen atoms in total. The van der Waals surface area contributed by atoms with E-state index in [0.717, 1.165) is 39.8 Å². The molecule has 1 saturated heterocycles.